The number of rotatable bonds is 5. The molecular weight excluding hydrogens is 732 g/mol. The van der Waals surface area contributed by atoms with Gasteiger partial charge in [0.1, 0.15) is 23.7 Å². The number of phenolic OH excluding ortho intramolecular Hbond substituents is 1. The third-order valence-electron chi connectivity index (χ3n) is 13.9. The van der Waals surface area contributed by atoms with Crippen molar-refractivity contribution in [2.24, 2.45) is 27.6 Å². The highest BCUT2D eigenvalue weighted by Crippen LogP contribution is 2.81. The number of allylic oxidation sites excluding steroid dienone is 4. The van der Waals surface area contributed by atoms with Gasteiger partial charge in [0, 0.05) is 23.7 Å². The highest BCUT2D eigenvalue weighted by Gasteiger charge is 2.89. The Hall–Kier alpha value is -5.62. The third kappa shape index (κ3) is 5.01. The van der Waals surface area contributed by atoms with Crippen LogP contribution in [0.25, 0.3) is 22.1 Å². The molecule has 57 heavy (non-hydrogen) atoms. The van der Waals surface area contributed by atoms with Gasteiger partial charge in [0.05, 0.1) is 54.6 Å². The molecule has 0 bridgehead atoms. The van der Waals surface area contributed by atoms with Crippen LogP contribution in [0.1, 0.15) is 65.9 Å². The number of furan rings is 1. The van der Waals surface area contributed by atoms with E-state index in [1.54, 1.807) is 69.9 Å². The smallest absolute Gasteiger partial charge is 0.302 e. The molecule has 12 heteroatoms. The van der Waals surface area contributed by atoms with E-state index in [1.807, 2.05) is 19.9 Å². The Morgan fingerprint density at radius 1 is 0.912 bits per heavy atom. The zero-order valence-electron chi connectivity index (χ0n) is 33.1. The van der Waals surface area contributed by atoms with Crippen molar-refractivity contribution in [3.8, 4) is 28.4 Å². The van der Waals surface area contributed by atoms with Crippen LogP contribution < -0.4 is 14.9 Å². The molecule has 5 aliphatic rings. The van der Waals surface area contributed by atoms with E-state index < -0.39 is 51.0 Å². The van der Waals surface area contributed by atoms with Crippen molar-refractivity contribution in [3.63, 3.8) is 0 Å². The van der Waals surface area contributed by atoms with Gasteiger partial charge >= 0.3 is 5.97 Å². The number of carbonyl (C=O) groups excluding carboxylic acids is 3. The average Bonchev–Trinajstić information content (AvgIpc) is 3.53. The van der Waals surface area contributed by atoms with Gasteiger partial charge in [-0.1, -0.05) is 32.1 Å². The molecule has 2 aromatic heterocycles. The van der Waals surface area contributed by atoms with Gasteiger partial charge in [0.15, 0.2) is 22.9 Å². The molecule has 0 radical (unpaired) electrons. The van der Waals surface area contributed by atoms with Gasteiger partial charge in [0.2, 0.25) is 17.0 Å². The first-order valence-electron chi connectivity index (χ1n) is 19.0. The summed E-state index contributed by atoms with van der Waals surface area (Å²) in [6, 6.07) is 12.0. The third-order valence-corrected chi connectivity index (χ3v) is 13.9. The molecule has 9 rings (SSSR count). The Kier molecular flexibility index (Phi) is 8.52. The first kappa shape index (κ1) is 38.3. The monoisotopic (exact) mass is 778 g/mol. The zero-order valence-corrected chi connectivity index (χ0v) is 33.1. The number of esters is 1. The largest absolute Gasteiger partial charge is 0.504 e. The average molecular weight is 779 g/mol. The van der Waals surface area contributed by atoms with Crippen LogP contribution in [0, 0.1) is 27.6 Å². The lowest BCUT2D eigenvalue weighted by Crippen LogP contribution is -2.70. The predicted molar refractivity (Wildman–Crippen MR) is 207 cm³/mol. The van der Waals surface area contributed by atoms with E-state index >= 15 is 0 Å². The summed E-state index contributed by atoms with van der Waals surface area (Å²) in [5, 5.41) is 21.6. The van der Waals surface area contributed by atoms with E-state index in [0.717, 1.165) is 11.1 Å². The fourth-order valence-electron chi connectivity index (χ4n) is 11.6. The van der Waals surface area contributed by atoms with E-state index in [1.165, 1.54) is 32.4 Å². The summed E-state index contributed by atoms with van der Waals surface area (Å²) in [4.78, 5) is 52.2. The van der Waals surface area contributed by atoms with Gasteiger partial charge < -0.3 is 38.0 Å². The molecule has 3 fully saturated rings. The maximum Gasteiger partial charge on any atom is 0.302 e. The Labute approximate surface area is 329 Å². The van der Waals surface area contributed by atoms with Crippen molar-refractivity contribution in [1.82, 2.24) is 0 Å². The molecule has 1 aliphatic heterocycles. The second-order valence-electron chi connectivity index (χ2n) is 17.0. The number of epoxide rings is 1. The number of ether oxygens (including phenoxy) is 4. The zero-order chi connectivity index (χ0) is 41.0. The Bertz CT molecular complexity index is 2460. The SMILES string of the molecule is CC(=O)OC1CC2(C)C(c3ccoc3)CC3OC32C2(C)C(=O)C(O)=C3C(C)(C)C(=O)C=CC3(C)C12.COc1ccc(-c2coc3c(OC)c(O)ccc3c2=O)cc1. The maximum atomic E-state index is 14.3. The van der Waals surface area contributed by atoms with Crippen molar-refractivity contribution in [2.75, 3.05) is 14.2 Å². The summed E-state index contributed by atoms with van der Waals surface area (Å²) >= 11 is 0. The van der Waals surface area contributed by atoms with Gasteiger partial charge in [-0.05, 0) is 92.6 Å². The standard InChI is InChI=1S/C28H32O7.C17H14O5/c1-14(29)34-17-12-26(5)16(15-8-10-33-13-15)11-19-28(26,35-19)27(6)21(17)25(4)9-7-18(30)24(2,3)22(25)20(31)23(27)32;1-20-11-5-3-10(4-6-11)13-9-22-16-12(15(13)19)7-8-14(18)17(16)21-2/h7-10,13,16-17,19,21,31H,11-12H2,1-6H3;3-9,18H,1-2H3. The number of Topliss-reactive ketones (excluding diaryl/α,β-unsaturated/α-hetero) is 1. The summed E-state index contributed by atoms with van der Waals surface area (Å²) in [7, 11) is 2.99. The van der Waals surface area contributed by atoms with Crippen LogP contribution in [-0.4, -0.2) is 59.8 Å². The number of aliphatic hydroxyl groups is 1. The molecular formula is C45H46O12. The number of benzene rings is 2. The molecule has 8 atom stereocenters. The summed E-state index contributed by atoms with van der Waals surface area (Å²) < 4.78 is 33.6. The number of carbonyl (C=O) groups is 3. The Morgan fingerprint density at radius 2 is 1.63 bits per heavy atom. The predicted octanol–water partition coefficient (Wildman–Crippen LogP) is 7.62. The van der Waals surface area contributed by atoms with Crippen LogP contribution in [-0.2, 0) is 23.9 Å². The van der Waals surface area contributed by atoms with Crippen LogP contribution in [0.15, 0.2) is 98.4 Å². The normalized spacial score (nSPS) is 33.0. The number of phenols is 1. The van der Waals surface area contributed by atoms with Crippen molar-refractivity contribution in [2.45, 2.75) is 78.1 Å². The van der Waals surface area contributed by atoms with Gasteiger partial charge in [-0.15, -0.1) is 0 Å². The van der Waals surface area contributed by atoms with Gasteiger partial charge in [-0.3, -0.25) is 19.2 Å². The molecule has 1 spiro atoms. The minimum absolute atomic E-state index is 0.0453. The van der Waals surface area contributed by atoms with Crippen LogP contribution >= 0.6 is 0 Å². The summed E-state index contributed by atoms with van der Waals surface area (Å²) in [6.45, 7) is 10.8. The molecule has 3 heterocycles. The van der Waals surface area contributed by atoms with Crippen LogP contribution in [0.5, 0.6) is 17.2 Å². The lowest BCUT2D eigenvalue weighted by atomic mass is 9.38. The van der Waals surface area contributed by atoms with E-state index in [-0.39, 0.29) is 46.1 Å². The highest BCUT2D eigenvalue weighted by atomic mass is 16.6. The number of fused-ring (bicyclic) bond motifs is 4. The first-order valence-corrected chi connectivity index (χ1v) is 19.0. The fraction of sp³-hybridized carbons (Fsp3) is 0.422. The van der Waals surface area contributed by atoms with Crippen molar-refractivity contribution >= 4 is 28.5 Å². The number of methoxy groups -OCH3 is 2. The van der Waals surface area contributed by atoms with Gasteiger partial charge in [0.25, 0.3) is 0 Å². The lowest BCUT2D eigenvalue weighted by Gasteiger charge is -2.64. The van der Waals surface area contributed by atoms with Crippen LogP contribution in [0.4, 0.5) is 0 Å². The Balaban J connectivity index is 0.000000178. The number of aliphatic hydroxyl groups excluding tert-OH is 1. The summed E-state index contributed by atoms with van der Waals surface area (Å²) in [5.74, 6) is -1.05. The summed E-state index contributed by atoms with van der Waals surface area (Å²) in [5.41, 5.74) is -1.86. The molecule has 2 saturated carbocycles. The van der Waals surface area contributed by atoms with Crippen molar-refractivity contribution in [1.29, 1.82) is 0 Å². The molecule has 4 aliphatic carbocycles. The van der Waals surface area contributed by atoms with E-state index in [0.29, 0.717) is 35.1 Å². The van der Waals surface area contributed by atoms with Gasteiger partial charge in [-0.2, -0.15) is 0 Å². The number of hydrogen-bond donors (Lipinski definition) is 2. The molecule has 4 aromatic rings. The lowest BCUT2D eigenvalue weighted by molar-refractivity contribution is -0.200. The summed E-state index contributed by atoms with van der Waals surface area (Å²) in [6.07, 6.45) is 8.54. The fourth-order valence-corrected chi connectivity index (χ4v) is 11.6. The topological polar surface area (TPSA) is 175 Å². The molecule has 2 N–H and O–H groups in total. The highest BCUT2D eigenvalue weighted by molar-refractivity contribution is 6.06. The molecule has 0 amide bonds. The minimum atomic E-state index is -1.17. The van der Waals surface area contributed by atoms with E-state index in [2.05, 4.69) is 6.92 Å². The molecule has 2 aromatic carbocycles. The van der Waals surface area contributed by atoms with Crippen LogP contribution in [0.3, 0.4) is 0 Å². The Morgan fingerprint density at radius 3 is 2.26 bits per heavy atom. The number of aromatic hydroxyl groups is 1. The van der Waals surface area contributed by atoms with Gasteiger partial charge in [-0.25, -0.2) is 0 Å². The van der Waals surface area contributed by atoms with E-state index in [4.69, 9.17) is 27.8 Å². The van der Waals surface area contributed by atoms with Crippen molar-refractivity contribution < 1.29 is 52.4 Å². The molecule has 1 saturated heterocycles. The van der Waals surface area contributed by atoms with Crippen LogP contribution in [0.2, 0.25) is 0 Å². The molecule has 8 unspecified atom stereocenters. The number of hydrogen-bond acceptors (Lipinski definition) is 12. The minimum Gasteiger partial charge on any atom is -0.504 e. The van der Waals surface area contributed by atoms with E-state index in [9.17, 15) is 29.4 Å². The quantitative estimate of drug-likeness (QED) is 0.150. The molecule has 12 nitrogen and oxygen atoms in total. The molecule has 298 valence electrons. The number of ketones is 2. The first-order chi connectivity index (χ1) is 26.9. The second-order valence-corrected chi connectivity index (χ2v) is 17.0. The van der Waals surface area contributed by atoms with Crippen molar-refractivity contribution in [3.05, 3.63) is 101 Å². The maximum absolute atomic E-state index is 14.3. The second kappa shape index (κ2) is 12.7.